The molecule has 4 rings (SSSR count). The van der Waals surface area contributed by atoms with E-state index in [9.17, 15) is 0 Å². The molecule has 0 fully saturated rings. The number of ether oxygens (including phenoxy) is 2. The van der Waals surface area contributed by atoms with Crippen LogP contribution in [-0.2, 0) is 6.54 Å². The van der Waals surface area contributed by atoms with E-state index in [1.807, 2.05) is 48.7 Å². The predicted octanol–water partition coefficient (Wildman–Crippen LogP) is 3.36. The number of nitrogens with zero attached hydrogens (tertiary/aromatic N) is 4. The molecule has 0 unspecified atom stereocenters. The molecular formula is C22H23N5O2. The quantitative estimate of drug-likeness (QED) is 0.443. The smallest absolute Gasteiger partial charge is 0.183 e. The molecule has 0 atom stereocenters. The molecule has 29 heavy (non-hydrogen) atoms. The average molecular weight is 389 g/mol. The third kappa shape index (κ3) is 4.52. The standard InChI is InChI=1S/C22H23N5O2/c1-28-20-10-5-6-11-21(20)29-13-7-12-23-15-18-14-19(17-8-3-2-4-9-17)16-27-22(18)24-25-26-27/h2-6,8-11,14,16,23H,7,12-13,15H2,1H3. The Balaban J connectivity index is 1.34. The number of hydrogen-bond donors (Lipinski definition) is 1. The number of para-hydroxylation sites is 2. The van der Waals surface area contributed by atoms with Crippen molar-refractivity contribution in [2.75, 3.05) is 20.3 Å². The molecule has 148 valence electrons. The van der Waals surface area contributed by atoms with Crippen molar-refractivity contribution in [3.05, 3.63) is 72.4 Å². The molecule has 4 aromatic rings. The first-order chi connectivity index (χ1) is 14.3. The molecular weight excluding hydrogens is 366 g/mol. The van der Waals surface area contributed by atoms with Crippen LogP contribution < -0.4 is 14.8 Å². The molecule has 0 bridgehead atoms. The molecule has 0 aliphatic rings. The van der Waals surface area contributed by atoms with Crippen molar-refractivity contribution < 1.29 is 9.47 Å². The Labute approximate surface area is 169 Å². The van der Waals surface area contributed by atoms with Gasteiger partial charge in [-0.2, -0.15) is 4.52 Å². The fraction of sp³-hybridized carbons (Fsp3) is 0.227. The second kappa shape index (κ2) is 9.16. The number of benzene rings is 2. The number of methoxy groups -OCH3 is 1. The van der Waals surface area contributed by atoms with Crippen molar-refractivity contribution in [3.63, 3.8) is 0 Å². The van der Waals surface area contributed by atoms with Crippen LogP contribution in [0.5, 0.6) is 11.5 Å². The van der Waals surface area contributed by atoms with E-state index in [2.05, 4.69) is 39.0 Å². The first-order valence-corrected chi connectivity index (χ1v) is 9.58. The van der Waals surface area contributed by atoms with Crippen molar-refractivity contribution in [2.45, 2.75) is 13.0 Å². The highest BCUT2D eigenvalue weighted by Gasteiger charge is 2.09. The van der Waals surface area contributed by atoms with Crippen molar-refractivity contribution in [1.29, 1.82) is 0 Å². The second-order valence-electron chi connectivity index (χ2n) is 6.60. The number of hydrogen-bond acceptors (Lipinski definition) is 6. The Hall–Kier alpha value is -3.45. The zero-order valence-corrected chi connectivity index (χ0v) is 16.3. The van der Waals surface area contributed by atoms with E-state index in [1.165, 1.54) is 0 Å². The summed E-state index contributed by atoms with van der Waals surface area (Å²) in [5, 5.41) is 15.5. The van der Waals surface area contributed by atoms with E-state index >= 15 is 0 Å². The first kappa shape index (κ1) is 18.9. The highest BCUT2D eigenvalue weighted by Crippen LogP contribution is 2.25. The summed E-state index contributed by atoms with van der Waals surface area (Å²) in [5.74, 6) is 1.52. The summed E-state index contributed by atoms with van der Waals surface area (Å²) >= 11 is 0. The van der Waals surface area contributed by atoms with E-state index in [0.717, 1.165) is 46.8 Å². The topological polar surface area (TPSA) is 73.6 Å². The Bertz CT molecular complexity index is 1070. The van der Waals surface area contributed by atoms with Crippen LogP contribution in [-0.4, -0.2) is 40.3 Å². The van der Waals surface area contributed by atoms with Gasteiger partial charge >= 0.3 is 0 Å². The number of rotatable bonds is 9. The van der Waals surface area contributed by atoms with E-state index in [4.69, 9.17) is 9.47 Å². The predicted molar refractivity (Wildman–Crippen MR) is 111 cm³/mol. The average Bonchev–Trinajstić information content (AvgIpc) is 3.26. The van der Waals surface area contributed by atoms with Gasteiger partial charge in [-0.05, 0) is 47.2 Å². The van der Waals surface area contributed by atoms with Gasteiger partial charge in [-0.3, -0.25) is 0 Å². The normalized spacial score (nSPS) is 10.9. The fourth-order valence-corrected chi connectivity index (χ4v) is 3.17. The number of fused-ring (bicyclic) bond motifs is 1. The third-order valence-electron chi connectivity index (χ3n) is 4.62. The molecule has 0 aliphatic carbocycles. The van der Waals surface area contributed by atoms with Gasteiger partial charge in [-0.1, -0.05) is 42.5 Å². The maximum absolute atomic E-state index is 5.81. The Morgan fingerprint density at radius 3 is 2.59 bits per heavy atom. The maximum Gasteiger partial charge on any atom is 0.183 e. The van der Waals surface area contributed by atoms with Crippen LogP contribution in [0, 0.1) is 0 Å². The van der Waals surface area contributed by atoms with Gasteiger partial charge in [-0.15, -0.1) is 5.10 Å². The van der Waals surface area contributed by atoms with Gasteiger partial charge < -0.3 is 14.8 Å². The van der Waals surface area contributed by atoms with Gasteiger partial charge in [0.15, 0.2) is 17.1 Å². The molecule has 0 amide bonds. The molecule has 7 heteroatoms. The Morgan fingerprint density at radius 1 is 0.966 bits per heavy atom. The van der Waals surface area contributed by atoms with Crippen molar-refractivity contribution in [1.82, 2.24) is 25.4 Å². The number of nitrogens with one attached hydrogen (secondary N) is 1. The minimum atomic E-state index is 0.610. The van der Waals surface area contributed by atoms with Crippen molar-refractivity contribution in [2.24, 2.45) is 0 Å². The van der Waals surface area contributed by atoms with Gasteiger partial charge in [0.25, 0.3) is 0 Å². The summed E-state index contributed by atoms with van der Waals surface area (Å²) in [6, 6.07) is 20.0. The maximum atomic E-state index is 5.81. The molecule has 1 N–H and O–H groups in total. The summed E-state index contributed by atoms with van der Waals surface area (Å²) < 4.78 is 12.8. The van der Waals surface area contributed by atoms with Crippen LogP contribution in [0.3, 0.4) is 0 Å². The van der Waals surface area contributed by atoms with Crippen LogP contribution >= 0.6 is 0 Å². The van der Waals surface area contributed by atoms with Gasteiger partial charge in [0.1, 0.15) is 0 Å². The van der Waals surface area contributed by atoms with Gasteiger partial charge in [-0.25, -0.2) is 0 Å². The van der Waals surface area contributed by atoms with Crippen LogP contribution in [0.1, 0.15) is 12.0 Å². The number of aromatic nitrogens is 4. The van der Waals surface area contributed by atoms with Gasteiger partial charge in [0.05, 0.1) is 13.7 Å². The zero-order valence-electron chi connectivity index (χ0n) is 16.3. The van der Waals surface area contributed by atoms with Crippen LogP contribution in [0.25, 0.3) is 16.8 Å². The molecule has 0 saturated heterocycles. The lowest BCUT2D eigenvalue weighted by Gasteiger charge is -2.11. The number of pyridine rings is 1. The highest BCUT2D eigenvalue weighted by molar-refractivity contribution is 5.66. The van der Waals surface area contributed by atoms with Crippen LogP contribution in [0.15, 0.2) is 66.9 Å². The van der Waals surface area contributed by atoms with E-state index < -0.39 is 0 Å². The zero-order chi connectivity index (χ0) is 19.9. The monoisotopic (exact) mass is 389 g/mol. The lowest BCUT2D eigenvalue weighted by molar-refractivity contribution is 0.287. The Morgan fingerprint density at radius 2 is 1.76 bits per heavy atom. The summed E-state index contributed by atoms with van der Waals surface area (Å²) in [6.45, 7) is 2.11. The number of tetrazole rings is 1. The van der Waals surface area contributed by atoms with Crippen molar-refractivity contribution >= 4 is 5.65 Å². The Kier molecular flexibility index (Phi) is 5.97. The lowest BCUT2D eigenvalue weighted by atomic mass is 10.1. The fourth-order valence-electron chi connectivity index (χ4n) is 3.17. The molecule has 2 aromatic heterocycles. The van der Waals surface area contributed by atoms with E-state index in [-0.39, 0.29) is 0 Å². The molecule has 0 spiro atoms. The van der Waals surface area contributed by atoms with Crippen LogP contribution in [0.2, 0.25) is 0 Å². The summed E-state index contributed by atoms with van der Waals surface area (Å²) in [5.41, 5.74) is 4.04. The van der Waals surface area contributed by atoms with Gasteiger partial charge in [0, 0.05) is 23.9 Å². The summed E-state index contributed by atoms with van der Waals surface area (Å²) in [7, 11) is 1.65. The summed E-state index contributed by atoms with van der Waals surface area (Å²) in [6.07, 6.45) is 2.83. The summed E-state index contributed by atoms with van der Waals surface area (Å²) in [4.78, 5) is 0. The largest absolute Gasteiger partial charge is 0.493 e. The first-order valence-electron chi connectivity index (χ1n) is 9.58. The minimum Gasteiger partial charge on any atom is -0.493 e. The molecule has 0 radical (unpaired) electrons. The minimum absolute atomic E-state index is 0.610. The lowest BCUT2D eigenvalue weighted by Crippen LogP contribution is -2.18. The molecule has 2 heterocycles. The second-order valence-corrected chi connectivity index (χ2v) is 6.60. The van der Waals surface area contributed by atoms with E-state index in [0.29, 0.717) is 13.2 Å². The molecule has 2 aromatic carbocycles. The molecule has 0 aliphatic heterocycles. The highest BCUT2D eigenvalue weighted by atomic mass is 16.5. The molecule has 0 saturated carbocycles. The molecule has 7 nitrogen and oxygen atoms in total. The third-order valence-corrected chi connectivity index (χ3v) is 4.62. The van der Waals surface area contributed by atoms with Gasteiger partial charge in [0.2, 0.25) is 0 Å². The SMILES string of the molecule is COc1ccccc1OCCCNCc1cc(-c2ccccc2)cn2nnnc12. The van der Waals surface area contributed by atoms with Crippen molar-refractivity contribution in [3.8, 4) is 22.6 Å². The van der Waals surface area contributed by atoms with E-state index in [1.54, 1.807) is 11.6 Å². The van der Waals surface area contributed by atoms with Crippen LogP contribution in [0.4, 0.5) is 0 Å².